The maximum Gasteiger partial charge on any atom is 0.308 e. The van der Waals surface area contributed by atoms with Gasteiger partial charge in [-0.25, -0.2) is 0 Å². The lowest BCUT2D eigenvalue weighted by Crippen LogP contribution is -2.56. The predicted molar refractivity (Wildman–Crippen MR) is 73.1 cm³/mol. The lowest BCUT2D eigenvalue weighted by atomic mass is 9.82. The normalized spacial score (nSPS) is 34.3. The molecule has 20 heavy (non-hydrogen) atoms. The first-order valence-electron chi connectivity index (χ1n) is 7.28. The van der Waals surface area contributed by atoms with Gasteiger partial charge in [0.25, 0.3) is 0 Å². The van der Waals surface area contributed by atoms with Gasteiger partial charge in [-0.15, -0.1) is 0 Å². The number of ether oxygens (including phenoxy) is 2. The van der Waals surface area contributed by atoms with Crippen molar-refractivity contribution in [3.8, 4) is 0 Å². The standard InChI is InChI=1S/C14H24N2O4/c1-19-13(17)9-3-5-15-11(7-9)12-8-10(4-6-16-12)14(18)20-2/h9-12,15-16H,3-8H2,1-2H3. The summed E-state index contributed by atoms with van der Waals surface area (Å²) in [6.45, 7) is 1.62. The number of nitrogens with one attached hydrogen (secondary N) is 2. The number of carbonyl (C=O) groups excluding carboxylic acids is 2. The van der Waals surface area contributed by atoms with E-state index in [4.69, 9.17) is 9.47 Å². The van der Waals surface area contributed by atoms with Crippen LogP contribution >= 0.6 is 0 Å². The van der Waals surface area contributed by atoms with Crippen LogP contribution in [0.25, 0.3) is 0 Å². The molecule has 6 heteroatoms. The highest BCUT2D eigenvalue weighted by molar-refractivity contribution is 5.73. The molecule has 2 aliphatic rings. The molecule has 0 spiro atoms. The molecular formula is C14H24N2O4. The fraction of sp³-hybridized carbons (Fsp3) is 0.857. The SMILES string of the molecule is COC(=O)C1CCNC(C2CC(C(=O)OC)CCN2)C1. The third-order valence-corrected chi connectivity index (χ3v) is 4.43. The highest BCUT2D eigenvalue weighted by Gasteiger charge is 2.36. The molecule has 0 aromatic heterocycles. The second-order valence-corrected chi connectivity index (χ2v) is 5.61. The predicted octanol–water partition coefficient (Wildman–Crippen LogP) is 0.0688. The van der Waals surface area contributed by atoms with E-state index in [0.717, 1.165) is 38.8 Å². The number of carbonyl (C=O) groups is 2. The molecule has 2 saturated heterocycles. The van der Waals surface area contributed by atoms with Crippen molar-refractivity contribution < 1.29 is 19.1 Å². The van der Waals surface area contributed by atoms with Crippen LogP contribution in [-0.4, -0.2) is 51.3 Å². The molecule has 0 aromatic rings. The summed E-state index contributed by atoms with van der Waals surface area (Å²) in [5, 5.41) is 6.91. The van der Waals surface area contributed by atoms with Crippen LogP contribution in [0.4, 0.5) is 0 Å². The minimum atomic E-state index is -0.128. The molecule has 0 aliphatic carbocycles. The molecule has 0 radical (unpaired) electrons. The lowest BCUT2D eigenvalue weighted by molar-refractivity contribution is -0.148. The van der Waals surface area contributed by atoms with Crippen molar-refractivity contribution >= 4 is 11.9 Å². The number of esters is 2. The summed E-state index contributed by atoms with van der Waals surface area (Å²) >= 11 is 0. The maximum atomic E-state index is 11.7. The molecular weight excluding hydrogens is 260 g/mol. The molecule has 2 fully saturated rings. The summed E-state index contributed by atoms with van der Waals surface area (Å²) in [6.07, 6.45) is 3.16. The van der Waals surface area contributed by atoms with E-state index in [-0.39, 0.29) is 35.9 Å². The first-order chi connectivity index (χ1) is 9.65. The zero-order valence-electron chi connectivity index (χ0n) is 12.2. The van der Waals surface area contributed by atoms with E-state index in [9.17, 15) is 9.59 Å². The zero-order chi connectivity index (χ0) is 14.5. The summed E-state index contributed by atoms with van der Waals surface area (Å²) in [4.78, 5) is 23.3. The fourth-order valence-electron chi connectivity index (χ4n) is 3.28. The number of piperidine rings is 2. The molecule has 2 heterocycles. The molecule has 0 amide bonds. The Bertz CT molecular complexity index is 327. The molecule has 0 aromatic carbocycles. The molecule has 0 saturated carbocycles. The van der Waals surface area contributed by atoms with Gasteiger partial charge in [0.1, 0.15) is 0 Å². The number of methoxy groups -OCH3 is 2. The molecule has 0 bridgehead atoms. The van der Waals surface area contributed by atoms with Crippen LogP contribution < -0.4 is 10.6 Å². The van der Waals surface area contributed by atoms with Gasteiger partial charge in [-0.2, -0.15) is 0 Å². The quantitative estimate of drug-likeness (QED) is 0.714. The van der Waals surface area contributed by atoms with Gasteiger partial charge in [0.05, 0.1) is 26.1 Å². The van der Waals surface area contributed by atoms with E-state index in [1.54, 1.807) is 0 Å². The van der Waals surface area contributed by atoms with E-state index in [1.165, 1.54) is 14.2 Å². The Balaban J connectivity index is 1.93. The minimum Gasteiger partial charge on any atom is -0.469 e. The van der Waals surface area contributed by atoms with Crippen molar-refractivity contribution in [3.05, 3.63) is 0 Å². The number of rotatable bonds is 3. The van der Waals surface area contributed by atoms with Gasteiger partial charge in [-0.05, 0) is 38.8 Å². The fourth-order valence-corrected chi connectivity index (χ4v) is 3.28. The summed E-state index contributed by atoms with van der Waals surface area (Å²) in [5.74, 6) is -0.327. The molecule has 4 atom stereocenters. The Morgan fingerprint density at radius 1 is 0.850 bits per heavy atom. The van der Waals surface area contributed by atoms with Gasteiger partial charge < -0.3 is 20.1 Å². The molecule has 2 rings (SSSR count). The summed E-state index contributed by atoms with van der Waals surface area (Å²) < 4.78 is 9.68. The van der Waals surface area contributed by atoms with Crippen LogP contribution in [0.5, 0.6) is 0 Å². The average Bonchev–Trinajstić information content (AvgIpc) is 2.53. The minimum absolute atomic E-state index is 0.0356. The van der Waals surface area contributed by atoms with E-state index in [0.29, 0.717) is 0 Å². The average molecular weight is 284 g/mol. The summed E-state index contributed by atoms with van der Waals surface area (Å²) in [5.41, 5.74) is 0. The van der Waals surface area contributed by atoms with Crippen molar-refractivity contribution in [2.75, 3.05) is 27.3 Å². The van der Waals surface area contributed by atoms with Crippen molar-refractivity contribution in [2.45, 2.75) is 37.8 Å². The summed E-state index contributed by atoms with van der Waals surface area (Å²) in [6, 6.07) is 0.417. The van der Waals surface area contributed by atoms with Gasteiger partial charge in [-0.1, -0.05) is 0 Å². The third-order valence-electron chi connectivity index (χ3n) is 4.43. The van der Waals surface area contributed by atoms with Crippen LogP contribution in [0.15, 0.2) is 0 Å². The molecule has 2 N–H and O–H groups in total. The number of hydrogen-bond acceptors (Lipinski definition) is 6. The zero-order valence-corrected chi connectivity index (χ0v) is 12.2. The topological polar surface area (TPSA) is 76.7 Å². The molecule has 114 valence electrons. The van der Waals surface area contributed by atoms with Gasteiger partial charge in [0.15, 0.2) is 0 Å². The van der Waals surface area contributed by atoms with Crippen LogP contribution in [0.3, 0.4) is 0 Å². The Labute approximate surface area is 119 Å². The number of hydrogen-bond donors (Lipinski definition) is 2. The smallest absolute Gasteiger partial charge is 0.308 e. The Kier molecular flexibility index (Phi) is 5.37. The Morgan fingerprint density at radius 2 is 1.25 bits per heavy atom. The first kappa shape index (κ1) is 15.3. The van der Waals surface area contributed by atoms with Crippen molar-refractivity contribution in [2.24, 2.45) is 11.8 Å². The maximum absolute atomic E-state index is 11.7. The van der Waals surface area contributed by atoms with Gasteiger partial charge in [0.2, 0.25) is 0 Å². The van der Waals surface area contributed by atoms with Crippen molar-refractivity contribution in [1.29, 1.82) is 0 Å². The van der Waals surface area contributed by atoms with Gasteiger partial charge in [-0.3, -0.25) is 9.59 Å². The van der Waals surface area contributed by atoms with E-state index in [2.05, 4.69) is 10.6 Å². The van der Waals surface area contributed by atoms with Crippen molar-refractivity contribution in [1.82, 2.24) is 10.6 Å². The van der Waals surface area contributed by atoms with E-state index in [1.807, 2.05) is 0 Å². The second kappa shape index (κ2) is 7.04. The summed E-state index contributed by atoms with van der Waals surface area (Å²) in [7, 11) is 2.87. The highest BCUT2D eigenvalue weighted by Crippen LogP contribution is 2.25. The van der Waals surface area contributed by atoms with Crippen molar-refractivity contribution in [3.63, 3.8) is 0 Å². The first-order valence-corrected chi connectivity index (χ1v) is 7.28. The van der Waals surface area contributed by atoms with Crippen LogP contribution in [-0.2, 0) is 19.1 Å². The van der Waals surface area contributed by atoms with E-state index < -0.39 is 0 Å². The van der Waals surface area contributed by atoms with Crippen LogP contribution in [0, 0.1) is 11.8 Å². The van der Waals surface area contributed by atoms with Crippen LogP contribution in [0.2, 0.25) is 0 Å². The largest absolute Gasteiger partial charge is 0.469 e. The van der Waals surface area contributed by atoms with Crippen LogP contribution in [0.1, 0.15) is 25.7 Å². The van der Waals surface area contributed by atoms with Gasteiger partial charge >= 0.3 is 11.9 Å². The van der Waals surface area contributed by atoms with Gasteiger partial charge in [0, 0.05) is 12.1 Å². The Morgan fingerprint density at radius 3 is 1.60 bits per heavy atom. The second-order valence-electron chi connectivity index (χ2n) is 5.61. The molecule has 2 aliphatic heterocycles. The van der Waals surface area contributed by atoms with E-state index >= 15 is 0 Å². The Hall–Kier alpha value is -1.14. The lowest BCUT2D eigenvalue weighted by Gasteiger charge is -2.38. The molecule has 4 unspecified atom stereocenters. The monoisotopic (exact) mass is 284 g/mol. The highest BCUT2D eigenvalue weighted by atomic mass is 16.5. The third kappa shape index (κ3) is 3.49. The molecule has 6 nitrogen and oxygen atoms in total.